The van der Waals surface area contributed by atoms with Gasteiger partial charge in [-0.3, -0.25) is 4.55 Å². The average Bonchev–Trinajstić information content (AvgIpc) is 2.50. The predicted molar refractivity (Wildman–Crippen MR) is 66.1 cm³/mol. The van der Waals surface area contributed by atoms with E-state index in [1.807, 2.05) is 0 Å². The van der Waals surface area contributed by atoms with Crippen LogP contribution in [0.15, 0.2) is 0 Å². The van der Waals surface area contributed by atoms with Crippen LogP contribution in [0.3, 0.4) is 0 Å². The zero-order chi connectivity index (χ0) is 26.6. The van der Waals surface area contributed by atoms with Crippen molar-refractivity contribution in [1.82, 2.24) is 0 Å². The molecule has 0 unspecified atom stereocenters. The first-order valence-electron chi connectivity index (χ1n) is 7.14. The topological polar surface area (TPSA) is 54.4 Å². The van der Waals surface area contributed by atoms with Crippen molar-refractivity contribution in [2.45, 2.75) is 66.2 Å². The maximum absolute atomic E-state index is 13.4. The summed E-state index contributed by atoms with van der Waals surface area (Å²) < 4.78 is 249. The van der Waals surface area contributed by atoms with Crippen LogP contribution in [0.2, 0.25) is 0 Å². The lowest BCUT2D eigenvalue weighted by Gasteiger charge is -2.42. The molecule has 0 atom stereocenters. The molecule has 0 saturated heterocycles. The highest BCUT2D eigenvalue weighted by molar-refractivity contribution is 7.87. The fourth-order valence-corrected chi connectivity index (χ4v) is 2.29. The molecule has 0 radical (unpaired) electrons. The van der Waals surface area contributed by atoms with Crippen molar-refractivity contribution in [3.63, 3.8) is 0 Å². The van der Waals surface area contributed by atoms with Gasteiger partial charge in [0.1, 0.15) is 0 Å². The molecule has 0 aromatic rings. The van der Waals surface area contributed by atoms with Gasteiger partial charge in [0.2, 0.25) is 0 Å². The van der Waals surface area contributed by atoms with Gasteiger partial charge >= 0.3 is 57.1 Å². The van der Waals surface area contributed by atoms with Gasteiger partial charge in [0.15, 0.2) is 0 Å². The molecule has 0 aliphatic carbocycles. The highest BCUT2D eigenvalue weighted by Gasteiger charge is 2.94. The third kappa shape index (κ3) is 4.54. The van der Waals surface area contributed by atoms with Crippen molar-refractivity contribution in [3.05, 3.63) is 0 Å². The Kier molecular flexibility index (Phi) is 7.58. The van der Waals surface area contributed by atoms with Gasteiger partial charge in [-0.15, -0.1) is 0 Å². The maximum atomic E-state index is 13.4. The molecular weight excluding hydrogens is 535 g/mol. The molecule has 194 valence electrons. The van der Waals surface area contributed by atoms with Crippen LogP contribution < -0.4 is 0 Å². The van der Waals surface area contributed by atoms with Gasteiger partial charge in [0.05, 0.1) is 0 Å². The molecule has 3 nitrogen and oxygen atoms in total. The molecule has 0 heterocycles. The second-order valence-electron chi connectivity index (χ2n) is 6.04. The number of rotatable bonds is 10. The minimum atomic E-state index is -8.60. The van der Waals surface area contributed by atoms with Crippen molar-refractivity contribution < 1.29 is 87.6 Å². The van der Waals surface area contributed by atoms with Crippen molar-refractivity contribution in [1.29, 1.82) is 0 Å². The number of halogens is 17. The summed E-state index contributed by atoms with van der Waals surface area (Å²) in [4.78, 5) is 0. The molecule has 0 amide bonds. The van der Waals surface area contributed by atoms with Gasteiger partial charge in [-0.2, -0.15) is 83.1 Å². The number of hydrogen-bond donors (Lipinski definition) is 1. The summed E-state index contributed by atoms with van der Waals surface area (Å²) in [5.74, 6) is -48.5. The minimum Gasteiger partial charge on any atom is -0.281 e. The number of alkyl halides is 17. The number of hydrogen-bond acceptors (Lipinski definition) is 2. The van der Waals surface area contributed by atoms with Gasteiger partial charge in [0, 0.05) is 12.8 Å². The Bertz CT molecular complexity index is 782. The molecule has 0 rings (SSSR count). The highest BCUT2D eigenvalue weighted by Crippen LogP contribution is 2.63. The molecule has 0 aliphatic heterocycles. The van der Waals surface area contributed by atoms with Crippen molar-refractivity contribution >= 4 is 10.1 Å². The molecule has 0 aromatic heterocycles. The molecule has 0 aliphatic rings. The Balaban J connectivity index is 6.47. The highest BCUT2D eigenvalue weighted by atomic mass is 32.2. The minimum absolute atomic E-state index is 2.19. The van der Waals surface area contributed by atoms with Crippen molar-refractivity contribution in [2.75, 3.05) is 0 Å². The van der Waals surface area contributed by atoms with E-state index in [4.69, 9.17) is 4.55 Å². The lowest BCUT2D eigenvalue weighted by atomic mass is 9.89. The van der Waals surface area contributed by atoms with Gasteiger partial charge in [-0.25, -0.2) is 0 Å². The Morgan fingerprint density at radius 1 is 0.500 bits per heavy atom. The SMILES string of the molecule is O=S(=O)(O)C(F)(F)C(F)(F)C(F)(F)C(F)(F)C(F)(F)C(F)(F)C(F)(F)CCCC(F)(F)F. The summed E-state index contributed by atoms with van der Waals surface area (Å²) >= 11 is 0. The van der Waals surface area contributed by atoms with E-state index < -0.39 is 76.3 Å². The Morgan fingerprint density at radius 3 is 1.12 bits per heavy atom. The second-order valence-corrected chi connectivity index (χ2v) is 7.50. The Hall–Kier alpha value is -1.28. The van der Waals surface area contributed by atoms with E-state index in [-0.39, 0.29) is 0 Å². The molecule has 0 aromatic carbocycles. The molecule has 21 heteroatoms. The third-order valence-corrected chi connectivity index (χ3v) is 4.58. The summed E-state index contributed by atoms with van der Waals surface area (Å²) in [6, 6.07) is 0. The Labute approximate surface area is 165 Å². The van der Waals surface area contributed by atoms with Gasteiger partial charge in [-0.1, -0.05) is 0 Å². The standard InChI is InChI=1S/C11H7F17O3S/c12-4(13,2-1-3-5(14,15)16)6(17,18)7(19,20)8(21,22)9(23,24)10(25,26)11(27,28)32(29,30)31/h1-3H2,(H,29,30,31). The van der Waals surface area contributed by atoms with E-state index >= 15 is 0 Å². The van der Waals surface area contributed by atoms with Crippen LogP contribution in [0.5, 0.6) is 0 Å². The van der Waals surface area contributed by atoms with Gasteiger partial charge < -0.3 is 0 Å². The molecule has 0 saturated carbocycles. The molecule has 0 spiro atoms. The normalized spacial score (nSPS) is 16.4. The molecule has 0 bridgehead atoms. The van der Waals surface area contributed by atoms with E-state index in [1.165, 1.54) is 0 Å². The van der Waals surface area contributed by atoms with E-state index in [0.29, 0.717) is 0 Å². The molecular formula is C11H7F17O3S. The van der Waals surface area contributed by atoms with E-state index in [2.05, 4.69) is 0 Å². The lowest BCUT2D eigenvalue weighted by Crippen LogP contribution is -2.73. The van der Waals surface area contributed by atoms with Crippen LogP contribution in [0.4, 0.5) is 74.6 Å². The Morgan fingerprint density at radius 2 is 0.812 bits per heavy atom. The summed E-state index contributed by atoms with van der Waals surface area (Å²) in [5, 5.41) is -7.74. The van der Waals surface area contributed by atoms with Crippen molar-refractivity contribution in [2.24, 2.45) is 0 Å². The summed E-state index contributed by atoms with van der Waals surface area (Å²) in [5.41, 5.74) is 0. The first-order chi connectivity index (χ1) is 13.5. The van der Waals surface area contributed by atoms with Crippen LogP contribution in [-0.2, 0) is 10.1 Å². The fraction of sp³-hybridized carbons (Fsp3) is 1.00. The maximum Gasteiger partial charge on any atom is 0.438 e. The quantitative estimate of drug-likeness (QED) is 0.272. The van der Waals surface area contributed by atoms with Crippen LogP contribution in [-0.4, -0.2) is 59.9 Å². The van der Waals surface area contributed by atoms with Crippen LogP contribution in [0.25, 0.3) is 0 Å². The smallest absolute Gasteiger partial charge is 0.281 e. The van der Waals surface area contributed by atoms with E-state index in [0.717, 1.165) is 0 Å². The molecule has 1 N–H and O–H groups in total. The first kappa shape index (κ1) is 30.7. The van der Waals surface area contributed by atoms with Crippen molar-refractivity contribution in [3.8, 4) is 0 Å². The average molecular weight is 542 g/mol. The lowest BCUT2D eigenvalue weighted by molar-refractivity contribution is -0.436. The fourth-order valence-electron chi connectivity index (χ4n) is 1.83. The van der Waals surface area contributed by atoms with Crippen LogP contribution in [0, 0.1) is 0 Å². The largest absolute Gasteiger partial charge is 0.438 e. The zero-order valence-electron chi connectivity index (χ0n) is 14.2. The first-order valence-corrected chi connectivity index (χ1v) is 8.58. The second kappa shape index (κ2) is 7.90. The van der Waals surface area contributed by atoms with E-state index in [9.17, 15) is 83.1 Å². The van der Waals surface area contributed by atoms with Crippen LogP contribution >= 0.6 is 0 Å². The third-order valence-electron chi connectivity index (χ3n) is 3.68. The molecule has 32 heavy (non-hydrogen) atoms. The van der Waals surface area contributed by atoms with Crippen LogP contribution in [0.1, 0.15) is 19.3 Å². The van der Waals surface area contributed by atoms with Gasteiger partial charge in [0.25, 0.3) is 0 Å². The summed E-state index contributed by atoms with van der Waals surface area (Å²) in [6.07, 6.45) is -13.0. The van der Waals surface area contributed by atoms with E-state index in [1.54, 1.807) is 0 Å². The van der Waals surface area contributed by atoms with Gasteiger partial charge in [-0.05, 0) is 6.42 Å². The summed E-state index contributed by atoms with van der Waals surface area (Å²) in [6.45, 7) is 0. The summed E-state index contributed by atoms with van der Waals surface area (Å²) in [7, 11) is -7.82. The molecule has 0 fully saturated rings. The zero-order valence-corrected chi connectivity index (χ0v) is 15.0. The predicted octanol–water partition coefficient (Wildman–Crippen LogP) is 6.01. The monoisotopic (exact) mass is 542 g/mol.